The first-order valence-electron chi connectivity index (χ1n) is 11.2. The van der Waals surface area contributed by atoms with Gasteiger partial charge in [0.2, 0.25) is 0 Å². The van der Waals surface area contributed by atoms with E-state index in [2.05, 4.69) is 16.0 Å². The van der Waals surface area contributed by atoms with E-state index < -0.39 is 5.91 Å². The fourth-order valence-electron chi connectivity index (χ4n) is 3.70. The number of methoxy groups -OCH3 is 1. The number of carbonyl (C=O) groups is 4. The summed E-state index contributed by atoms with van der Waals surface area (Å²) in [5, 5.41) is 8.32. The van der Waals surface area contributed by atoms with Gasteiger partial charge in [-0.05, 0) is 60.7 Å². The molecule has 0 spiro atoms. The number of hydrogen-bond donors (Lipinski definition) is 3. The van der Waals surface area contributed by atoms with Crippen LogP contribution in [0.25, 0.3) is 0 Å². The summed E-state index contributed by atoms with van der Waals surface area (Å²) in [7, 11) is 4.93. The summed E-state index contributed by atoms with van der Waals surface area (Å²) in [5.74, 6) is -0.455. The molecule has 37 heavy (non-hydrogen) atoms. The topological polar surface area (TPSA) is 123 Å². The maximum absolute atomic E-state index is 12.9. The van der Waals surface area contributed by atoms with Gasteiger partial charge in [-0.2, -0.15) is 0 Å². The second-order valence-corrected chi connectivity index (χ2v) is 8.28. The SMILES string of the molecule is COc1ccc(C(=O)Nc2cc(C(=O)Nc3cc(C(=O)Nc4ccc(C=O)cc4)n(C)c3)n(C)c2)cc1. The van der Waals surface area contributed by atoms with Crippen molar-refractivity contribution in [3.8, 4) is 5.75 Å². The zero-order valence-corrected chi connectivity index (χ0v) is 20.4. The summed E-state index contributed by atoms with van der Waals surface area (Å²) in [6.45, 7) is 0. The lowest BCUT2D eigenvalue weighted by Gasteiger charge is -2.05. The van der Waals surface area contributed by atoms with Gasteiger partial charge in [0.25, 0.3) is 17.7 Å². The molecule has 10 heteroatoms. The summed E-state index contributed by atoms with van der Waals surface area (Å²) in [6.07, 6.45) is 3.98. The molecule has 0 aliphatic heterocycles. The van der Waals surface area contributed by atoms with Crippen molar-refractivity contribution in [2.24, 2.45) is 14.1 Å². The van der Waals surface area contributed by atoms with Crippen molar-refractivity contribution < 1.29 is 23.9 Å². The molecule has 4 aromatic rings. The van der Waals surface area contributed by atoms with Gasteiger partial charge in [0, 0.05) is 43.3 Å². The number of nitrogens with zero attached hydrogens (tertiary/aromatic N) is 2. The Morgan fingerprint density at radius 2 is 1.19 bits per heavy atom. The number of aryl methyl sites for hydroxylation is 2. The monoisotopic (exact) mass is 499 g/mol. The zero-order valence-electron chi connectivity index (χ0n) is 20.4. The molecule has 3 N–H and O–H groups in total. The van der Waals surface area contributed by atoms with E-state index in [1.54, 1.807) is 103 Å². The lowest BCUT2D eigenvalue weighted by Crippen LogP contribution is -2.15. The highest BCUT2D eigenvalue weighted by Crippen LogP contribution is 2.20. The van der Waals surface area contributed by atoms with Crippen LogP contribution in [0, 0.1) is 0 Å². The molecule has 0 saturated carbocycles. The maximum atomic E-state index is 12.9. The number of hydrogen-bond acceptors (Lipinski definition) is 5. The number of ether oxygens (including phenoxy) is 1. The molecule has 188 valence electrons. The molecule has 2 aromatic heterocycles. The van der Waals surface area contributed by atoms with Crippen LogP contribution in [0.3, 0.4) is 0 Å². The first kappa shape index (κ1) is 25.0. The number of carbonyl (C=O) groups excluding carboxylic acids is 4. The lowest BCUT2D eigenvalue weighted by atomic mass is 10.2. The normalized spacial score (nSPS) is 10.5. The fraction of sp³-hybridized carbons (Fsp3) is 0.111. The van der Waals surface area contributed by atoms with Crippen LogP contribution in [-0.2, 0) is 14.1 Å². The minimum atomic E-state index is -0.408. The number of nitrogens with one attached hydrogen (secondary N) is 3. The van der Waals surface area contributed by atoms with Crippen LogP contribution in [-0.4, -0.2) is 40.3 Å². The van der Waals surface area contributed by atoms with Gasteiger partial charge < -0.3 is 29.8 Å². The van der Waals surface area contributed by atoms with Crippen LogP contribution < -0.4 is 20.7 Å². The van der Waals surface area contributed by atoms with E-state index in [0.29, 0.717) is 45.3 Å². The second-order valence-electron chi connectivity index (χ2n) is 8.28. The molecular formula is C27H25N5O5. The predicted octanol–water partition coefficient (Wildman–Crippen LogP) is 3.94. The highest BCUT2D eigenvalue weighted by molar-refractivity contribution is 6.08. The van der Waals surface area contributed by atoms with E-state index in [1.165, 1.54) is 0 Å². The Morgan fingerprint density at radius 3 is 1.68 bits per heavy atom. The van der Waals surface area contributed by atoms with Gasteiger partial charge in [0.15, 0.2) is 0 Å². The summed E-state index contributed by atoms with van der Waals surface area (Å²) >= 11 is 0. The van der Waals surface area contributed by atoms with E-state index in [1.807, 2.05) is 0 Å². The summed E-state index contributed by atoms with van der Waals surface area (Å²) in [5.41, 5.74) is 3.03. The van der Waals surface area contributed by atoms with Crippen molar-refractivity contribution in [2.75, 3.05) is 23.1 Å². The molecule has 0 aliphatic rings. The number of anilines is 3. The molecule has 0 aliphatic carbocycles. The van der Waals surface area contributed by atoms with Crippen LogP contribution in [0.4, 0.5) is 17.1 Å². The van der Waals surface area contributed by atoms with Gasteiger partial charge in [-0.25, -0.2) is 0 Å². The Hall–Kier alpha value is -5.12. The van der Waals surface area contributed by atoms with Crippen LogP contribution in [0.5, 0.6) is 5.75 Å². The third-order valence-corrected chi connectivity index (χ3v) is 5.65. The molecule has 10 nitrogen and oxygen atoms in total. The van der Waals surface area contributed by atoms with Crippen molar-refractivity contribution in [1.82, 2.24) is 9.13 Å². The Bertz CT molecular complexity index is 1470. The first-order valence-corrected chi connectivity index (χ1v) is 11.2. The molecule has 2 heterocycles. The number of amides is 3. The highest BCUT2D eigenvalue weighted by atomic mass is 16.5. The van der Waals surface area contributed by atoms with Gasteiger partial charge in [-0.3, -0.25) is 19.2 Å². The Labute approximate surface area is 212 Å². The van der Waals surface area contributed by atoms with Crippen LogP contribution in [0.1, 0.15) is 41.7 Å². The largest absolute Gasteiger partial charge is 0.497 e. The molecule has 0 radical (unpaired) electrons. The number of benzene rings is 2. The fourth-order valence-corrected chi connectivity index (χ4v) is 3.70. The quantitative estimate of drug-likeness (QED) is 0.317. The standard InChI is InChI=1S/C27H25N5O5/c1-31-14-20(29-25(34)18-6-10-22(37-3)11-7-18)12-24(31)27(36)30-21-13-23(32(2)15-21)26(35)28-19-8-4-17(16-33)5-9-19/h4-16H,1-3H3,(H,28,35)(H,29,34)(H,30,36). The minimum Gasteiger partial charge on any atom is -0.497 e. The number of rotatable bonds is 8. The van der Waals surface area contributed by atoms with E-state index in [-0.39, 0.29) is 11.8 Å². The van der Waals surface area contributed by atoms with Crippen LogP contribution in [0.2, 0.25) is 0 Å². The van der Waals surface area contributed by atoms with E-state index in [4.69, 9.17) is 4.74 Å². The van der Waals surface area contributed by atoms with E-state index in [0.717, 1.165) is 6.29 Å². The summed E-state index contributed by atoms with van der Waals surface area (Å²) in [4.78, 5) is 49.0. The third kappa shape index (κ3) is 5.76. The smallest absolute Gasteiger partial charge is 0.272 e. The Kier molecular flexibility index (Phi) is 7.19. The molecule has 0 saturated heterocycles. The maximum Gasteiger partial charge on any atom is 0.272 e. The molecule has 0 unspecified atom stereocenters. The van der Waals surface area contributed by atoms with E-state index >= 15 is 0 Å². The molecule has 3 amide bonds. The average Bonchev–Trinajstić information content (AvgIpc) is 3.45. The van der Waals surface area contributed by atoms with Crippen molar-refractivity contribution in [1.29, 1.82) is 0 Å². The minimum absolute atomic E-state index is 0.315. The second kappa shape index (κ2) is 10.6. The Morgan fingerprint density at radius 1 is 0.703 bits per heavy atom. The van der Waals surface area contributed by atoms with Crippen molar-refractivity contribution in [3.05, 3.63) is 95.6 Å². The molecule has 0 fully saturated rings. The van der Waals surface area contributed by atoms with Gasteiger partial charge in [0.05, 0.1) is 18.5 Å². The van der Waals surface area contributed by atoms with Crippen molar-refractivity contribution in [3.63, 3.8) is 0 Å². The molecule has 0 atom stereocenters. The molecule has 4 rings (SSSR count). The van der Waals surface area contributed by atoms with Gasteiger partial charge in [0.1, 0.15) is 23.4 Å². The van der Waals surface area contributed by atoms with Crippen LogP contribution in [0.15, 0.2) is 73.1 Å². The predicted molar refractivity (Wildman–Crippen MR) is 140 cm³/mol. The van der Waals surface area contributed by atoms with Gasteiger partial charge in [-0.15, -0.1) is 0 Å². The number of aldehydes is 1. The summed E-state index contributed by atoms with van der Waals surface area (Å²) < 4.78 is 8.29. The number of aromatic nitrogens is 2. The highest BCUT2D eigenvalue weighted by Gasteiger charge is 2.17. The van der Waals surface area contributed by atoms with Crippen LogP contribution >= 0.6 is 0 Å². The molecule has 2 aromatic carbocycles. The molecular weight excluding hydrogens is 474 g/mol. The van der Waals surface area contributed by atoms with Gasteiger partial charge >= 0.3 is 0 Å². The molecule has 0 bridgehead atoms. The Balaban J connectivity index is 1.41. The van der Waals surface area contributed by atoms with E-state index in [9.17, 15) is 19.2 Å². The zero-order chi connectivity index (χ0) is 26.5. The third-order valence-electron chi connectivity index (χ3n) is 5.65. The first-order chi connectivity index (χ1) is 17.8. The average molecular weight is 500 g/mol. The summed E-state index contributed by atoms with van der Waals surface area (Å²) in [6, 6.07) is 16.3. The van der Waals surface area contributed by atoms with Gasteiger partial charge in [-0.1, -0.05) is 0 Å². The lowest BCUT2D eigenvalue weighted by molar-refractivity contribution is 0.101. The van der Waals surface area contributed by atoms with Crippen molar-refractivity contribution in [2.45, 2.75) is 0 Å². The van der Waals surface area contributed by atoms with Crippen molar-refractivity contribution >= 4 is 41.1 Å².